The van der Waals surface area contributed by atoms with Gasteiger partial charge in [-0.05, 0) is 54.4 Å². The summed E-state index contributed by atoms with van der Waals surface area (Å²) >= 11 is 20.7. The maximum Gasteiger partial charge on any atom is 0.326 e. The van der Waals surface area contributed by atoms with Crippen molar-refractivity contribution in [2.75, 3.05) is 32.9 Å². The van der Waals surface area contributed by atoms with Gasteiger partial charge in [-0.15, -0.1) is 0 Å². The van der Waals surface area contributed by atoms with E-state index in [-0.39, 0.29) is 54.3 Å². The number of carbonyl (C=O) groups is 1. The molecule has 0 amide bonds. The zero-order valence-electron chi connectivity index (χ0n) is 30.7. The van der Waals surface area contributed by atoms with Gasteiger partial charge in [-0.1, -0.05) is 83.3 Å². The molecule has 5 aromatic rings. The number of nitriles is 2. The van der Waals surface area contributed by atoms with Crippen molar-refractivity contribution in [3.8, 4) is 51.9 Å². The number of aromatic nitrogens is 1. The minimum Gasteiger partial charge on any atom is -0.492 e. The Balaban J connectivity index is 1.37. The van der Waals surface area contributed by atoms with Crippen LogP contribution in [0.4, 0.5) is 0 Å². The molecule has 12 nitrogen and oxygen atoms in total. The number of ether oxygens (including phenoxy) is 3. The quantitative estimate of drug-likeness (QED) is 0.0529. The van der Waals surface area contributed by atoms with Gasteiger partial charge < -0.3 is 34.8 Å². The molecule has 1 heterocycles. The fourth-order valence-electron chi connectivity index (χ4n) is 5.58. The minimum absolute atomic E-state index is 0.00240. The van der Waals surface area contributed by atoms with Crippen LogP contribution in [0.3, 0.4) is 0 Å². The molecule has 0 radical (unpaired) electrons. The molecule has 0 aliphatic heterocycles. The molecule has 0 spiro atoms. The summed E-state index contributed by atoms with van der Waals surface area (Å²) in [4.78, 5) is 16.4. The van der Waals surface area contributed by atoms with E-state index in [0.717, 1.165) is 11.1 Å². The smallest absolute Gasteiger partial charge is 0.326 e. The lowest BCUT2D eigenvalue weighted by Crippen LogP contribution is -2.52. The Morgan fingerprint density at radius 1 is 0.789 bits per heavy atom. The van der Waals surface area contributed by atoms with E-state index in [2.05, 4.69) is 15.6 Å². The lowest BCUT2D eigenvalue weighted by atomic mass is 9.97. The summed E-state index contributed by atoms with van der Waals surface area (Å²) in [6.07, 6.45) is 0. The molecule has 5 rings (SSSR count). The van der Waals surface area contributed by atoms with E-state index < -0.39 is 18.1 Å². The van der Waals surface area contributed by atoms with Crippen LogP contribution in [-0.4, -0.2) is 64.7 Å². The van der Waals surface area contributed by atoms with Crippen LogP contribution in [0, 0.1) is 22.7 Å². The molecule has 0 saturated heterocycles. The van der Waals surface area contributed by atoms with Crippen molar-refractivity contribution in [2.45, 2.75) is 32.2 Å². The fourth-order valence-corrected chi connectivity index (χ4v) is 6.42. The molecule has 0 fully saturated rings. The molecule has 57 heavy (non-hydrogen) atoms. The van der Waals surface area contributed by atoms with Crippen LogP contribution in [-0.2, 0) is 24.6 Å². The summed E-state index contributed by atoms with van der Waals surface area (Å²) in [6, 6.07) is 28.9. The number of aliphatic hydroxyl groups is 2. The van der Waals surface area contributed by atoms with Gasteiger partial charge in [-0.2, -0.15) is 15.5 Å². The number of hydrogen-bond acceptors (Lipinski definition) is 11. The van der Waals surface area contributed by atoms with Crippen molar-refractivity contribution in [3.05, 3.63) is 128 Å². The molecule has 5 N–H and O–H groups in total. The molecule has 1 unspecified atom stereocenters. The molecule has 0 aliphatic carbocycles. The topological polar surface area (TPSA) is 190 Å². The van der Waals surface area contributed by atoms with Crippen LogP contribution >= 0.6 is 34.8 Å². The number of benzene rings is 4. The highest BCUT2D eigenvalue weighted by Gasteiger charge is 2.32. The number of nitrogens with zero attached hydrogens (tertiary/aromatic N) is 3. The number of nitrogens with one attached hydrogen (secondary N) is 2. The highest BCUT2D eigenvalue weighted by molar-refractivity contribution is 6.38. The van der Waals surface area contributed by atoms with Gasteiger partial charge in [0.1, 0.15) is 36.1 Å². The zero-order valence-corrected chi connectivity index (χ0v) is 33.0. The van der Waals surface area contributed by atoms with Crippen LogP contribution in [0.5, 0.6) is 17.5 Å². The summed E-state index contributed by atoms with van der Waals surface area (Å²) in [5, 5.41) is 54.0. The molecule has 4 aromatic carbocycles. The Morgan fingerprint density at radius 3 is 2.09 bits per heavy atom. The van der Waals surface area contributed by atoms with Gasteiger partial charge in [0.25, 0.3) is 0 Å². The average molecular weight is 831 g/mol. The second kappa shape index (κ2) is 20.1. The Hall–Kier alpha value is -5.41. The number of aliphatic carboxylic acids is 1. The van der Waals surface area contributed by atoms with Gasteiger partial charge >= 0.3 is 5.97 Å². The number of aliphatic hydroxyl groups excluding tert-OH is 2. The standard InChI is InChI=1S/C42H38Cl3N5O7/c1-42(25-52,41(53)54)49-22-31-19-36(43)40(50-39(31)56-23-28-17-26(20-46)16-27(18-28)21-47)57-24-30-4-2-6-34(37(30)44)35-7-3-5-33(38(35)45)29-8-10-32(11-9-29)55-15-13-48-12-14-51/h2-11,16-19,48-49,51-52H,12-15,22-25H2,1H3,(H,53,54). The summed E-state index contributed by atoms with van der Waals surface area (Å²) in [5.74, 6) is -0.533. The largest absolute Gasteiger partial charge is 0.492 e. The molecular weight excluding hydrogens is 793 g/mol. The van der Waals surface area contributed by atoms with Crippen molar-refractivity contribution in [2.24, 2.45) is 0 Å². The average Bonchev–Trinajstić information content (AvgIpc) is 3.22. The Kier molecular flexibility index (Phi) is 15.1. The molecule has 0 bridgehead atoms. The number of carboxylic acid groups (broad SMARTS) is 1. The fraction of sp³-hybridized carbons (Fsp3) is 0.238. The van der Waals surface area contributed by atoms with Crippen LogP contribution in [0.25, 0.3) is 22.3 Å². The normalized spacial score (nSPS) is 11.9. The minimum atomic E-state index is -1.68. The molecule has 0 saturated carbocycles. The third kappa shape index (κ3) is 10.9. The first kappa shape index (κ1) is 42.7. The number of rotatable bonds is 19. The maximum atomic E-state index is 11.8. The summed E-state index contributed by atoms with van der Waals surface area (Å²) in [5.41, 5.74) is 3.41. The summed E-state index contributed by atoms with van der Waals surface area (Å²) < 4.78 is 17.9. The van der Waals surface area contributed by atoms with E-state index in [0.29, 0.717) is 63.3 Å². The maximum absolute atomic E-state index is 11.8. The number of halogens is 3. The predicted octanol–water partition coefficient (Wildman–Crippen LogP) is 7.16. The van der Waals surface area contributed by atoms with Crippen molar-refractivity contribution < 1.29 is 34.3 Å². The number of pyridine rings is 1. The first-order chi connectivity index (χ1) is 27.5. The number of hydrogen-bond donors (Lipinski definition) is 5. The molecule has 1 aromatic heterocycles. The van der Waals surface area contributed by atoms with Gasteiger partial charge in [0.05, 0.1) is 46.5 Å². The molecule has 294 valence electrons. The first-order valence-corrected chi connectivity index (χ1v) is 18.7. The van der Waals surface area contributed by atoms with E-state index >= 15 is 0 Å². The Bertz CT molecular complexity index is 2260. The second-order valence-electron chi connectivity index (χ2n) is 12.9. The van der Waals surface area contributed by atoms with Gasteiger partial charge in [0.15, 0.2) is 0 Å². The van der Waals surface area contributed by atoms with Crippen molar-refractivity contribution in [1.29, 1.82) is 10.5 Å². The van der Waals surface area contributed by atoms with Gasteiger partial charge in [0, 0.05) is 47.5 Å². The van der Waals surface area contributed by atoms with Crippen LogP contribution in [0.1, 0.15) is 34.7 Å². The summed E-state index contributed by atoms with van der Waals surface area (Å²) in [7, 11) is 0. The predicted molar refractivity (Wildman–Crippen MR) is 217 cm³/mol. The third-order valence-corrected chi connectivity index (χ3v) is 9.92. The molecule has 0 aliphatic rings. The highest BCUT2D eigenvalue weighted by Crippen LogP contribution is 2.41. The van der Waals surface area contributed by atoms with Gasteiger partial charge in [0.2, 0.25) is 11.8 Å². The Labute approximate surface area is 344 Å². The number of carboxylic acids is 1. The van der Waals surface area contributed by atoms with Gasteiger partial charge in [-0.3, -0.25) is 10.1 Å². The van der Waals surface area contributed by atoms with Gasteiger partial charge in [-0.25, -0.2) is 0 Å². The second-order valence-corrected chi connectivity index (χ2v) is 14.1. The lowest BCUT2D eigenvalue weighted by Gasteiger charge is -2.24. The van der Waals surface area contributed by atoms with Crippen LogP contribution < -0.4 is 24.8 Å². The van der Waals surface area contributed by atoms with E-state index in [1.165, 1.54) is 19.1 Å². The van der Waals surface area contributed by atoms with E-state index in [4.69, 9.17) is 54.1 Å². The van der Waals surface area contributed by atoms with E-state index in [1.54, 1.807) is 18.2 Å². The first-order valence-electron chi connectivity index (χ1n) is 17.6. The summed E-state index contributed by atoms with van der Waals surface area (Å²) in [6.45, 7) is 2.01. The van der Waals surface area contributed by atoms with Crippen molar-refractivity contribution in [1.82, 2.24) is 15.6 Å². The van der Waals surface area contributed by atoms with Crippen molar-refractivity contribution in [3.63, 3.8) is 0 Å². The Morgan fingerprint density at radius 2 is 1.44 bits per heavy atom. The van der Waals surface area contributed by atoms with E-state index in [9.17, 15) is 25.5 Å². The lowest BCUT2D eigenvalue weighted by molar-refractivity contribution is -0.145. The monoisotopic (exact) mass is 829 g/mol. The van der Waals surface area contributed by atoms with Crippen LogP contribution in [0.15, 0.2) is 84.9 Å². The van der Waals surface area contributed by atoms with Crippen LogP contribution in [0.2, 0.25) is 15.1 Å². The third-order valence-electron chi connectivity index (χ3n) is 8.80. The zero-order chi connectivity index (χ0) is 41.0. The molecular formula is C42H38Cl3N5O7. The molecule has 1 atom stereocenters. The van der Waals surface area contributed by atoms with E-state index in [1.807, 2.05) is 66.7 Å². The van der Waals surface area contributed by atoms with Crippen molar-refractivity contribution >= 4 is 40.8 Å². The highest BCUT2D eigenvalue weighted by atomic mass is 35.5. The molecule has 15 heteroatoms. The SMILES string of the molecule is CC(CO)(NCc1cc(Cl)c(OCc2cccc(-c3cccc(-c4ccc(OCCNCCO)cc4)c3Cl)c2Cl)nc1OCc1cc(C#N)cc(C#N)c1)C(=O)O.